The van der Waals surface area contributed by atoms with E-state index in [1.54, 1.807) is 4.90 Å². The molecule has 1 saturated heterocycles. The molecule has 144 valence electrons. The van der Waals surface area contributed by atoms with Crippen molar-refractivity contribution in [3.05, 3.63) is 58.5 Å². The molecule has 2 aliphatic rings. The lowest BCUT2D eigenvalue weighted by Crippen LogP contribution is -2.29. The van der Waals surface area contributed by atoms with Crippen LogP contribution in [0.4, 0.5) is 5.69 Å². The minimum Gasteiger partial charge on any atom is -0.486 e. The molecule has 2 heterocycles. The number of thioether (sulfide) groups is 1. The molecule has 0 atom stereocenters. The largest absolute Gasteiger partial charge is 0.486 e. The highest BCUT2D eigenvalue weighted by molar-refractivity contribution is 8.19. The fraction of sp³-hybridized carbons (Fsp3) is 0.273. The van der Waals surface area contributed by atoms with E-state index < -0.39 is 0 Å². The lowest BCUT2D eigenvalue weighted by molar-refractivity contribution is -0.113. The molecule has 0 aliphatic carbocycles. The van der Waals surface area contributed by atoms with Gasteiger partial charge in [-0.15, -0.1) is 0 Å². The Bertz CT molecular complexity index is 968. The Morgan fingerprint density at radius 2 is 1.93 bits per heavy atom. The van der Waals surface area contributed by atoms with Gasteiger partial charge in [-0.05, 0) is 60.5 Å². The zero-order valence-corrected chi connectivity index (χ0v) is 16.8. The van der Waals surface area contributed by atoms with Gasteiger partial charge in [0, 0.05) is 6.54 Å². The Kier molecular flexibility index (Phi) is 5.39. The highest BCUT2D eigenvalue weighted by Crippen LogP contribution is 2.38. The van der Waals surface area contributed by atoms with Gasteiger partial charge in [0.2, 0.25) is 0 Å². The van der Waals surface area contributed by atoms with E-state index in [0.29, 0.717) is 30.4 Å². The van der Waals surface area contributed by atoms with E-state index >= 15 is 0 Å². The number of fused-ring (bicyclic) bond motifs is 1. The lowest BCUT2D eigenvalue weighted by Gasteiger charge is -2.18. The smallest absolute Gasteiger partial charge is 0.271 e. The van der Waals surface area contributed by atoms with Gasteiger partial charge in [0.25, 0.3) is 5.91 Å². The molecule has 4 rings (SSSR count). The number of carbonyl (C=O) groups is 1. The molecule has 0 spiro atoms. The summed E-state index contributed by atoms with van der Waals surface area (Å²) in [6.07, 6.45) is 2.83. The monoisotopic (exact) mass is 394 g/mol. The second kappa shape index (κ2) is 8.10. The number of ether oxygens (including phenoxy) is 2. The van der Waals surface area contributed by atoms with E-state index in [1.165, 1.54) is 11.8 Å². The number of anilines is 1. The Morgan fingerprint density at radius 1 is 1.14 bits per heavy atom. The number of amidine groups is 1. The van der Waals surface area contributed by atoms with Crippen molar-refractivity contribution in [3.63, 3.8) is 0 Å². The van der Waals surface area contributed by atoms with Crippen LogP contribution in [0.3, 0.4) is 0 Å². The quantitative estimate of drug-likeness (QED) is 0.708. The van der Waals surface area contributed by atoms with E-state index in [-0.39, 0.29) is 5.91 Å². The number of rotatable bonds is 4. The van der Waals surface area contributed by atoms with Gasteiger partial charge in [-0.3, -0.25) is 14.7 Å². The van der Waals surface area contributed by atoms with E-state index in [4.69, 9.17) is 9.47 Å². The first-order valence-electron chi connectivity index (χ1n) is 9.41. The SMILES string of the molecule is CCCN=C1S/C(=C\c2ccc3c(c2)OCCO3)C(=O)N1c1ccccc1C. The molecule has 0 N–H and O–H groups in total. The van der Waals surface area contributed by atoms with E-state index in [1.807, 2.05) is 55.5 Å². The summed E-state index contributed by atoms with van der Waals surface area (Å²) >= 11 is 1.42. The summed E-state index contributed by atoms with van der Waals surface area (Å²) < 4.78 is 11.2. The molecule has 0 bridgehead atoms. The number of hydrogen-bond acceptors (Lipinski definition) is 5. The molecule has 0 saturated carbocycles. The third-order valence-electron chi connectivity index (χ3n) is 4.50. The van der Waals surface area contributed by atoms with Gasteiger partial charge in [-0.2, -0.15) is 0 Å². The Morgan fingerprint density at radius 3 is 2.71 bits per heavy atom. The van der Waals surface area contributed by atoms with E-state index in [0.717, 1.165) is 34.2 Å². The minimum atomic E-state index is -0.0518. The standard InChI is InChI=1S/C22H22N2O3S/c1-3-10-23-22-24(17-7-5-4-6-15(17)2)21(25)20(28-22)14-16-8-9-18-19(13-16)27-12-11-26-18/h4-9,13-14H,3,10-12H2,1-2H3/b20-14-,23-22?. The summed E-state index contributed by atoms with van der Waals surface area (Å²) in [5, 5.41) is 0.727. The molecule has 28 heavy (non-hydrogen) atoms. The molecule has 2 aromatic rings. The first-order chi connectivity index (χ1) is 13.7. The molecule has 0 unspecified atom stereocenters. The van der Waals surface area contributed by atoms with Gasteiger partial charge in [0.15, 0.2) is 16.7 Å². The van der Waals surface area contributed by atoms with Crippen LogP contribution in [0.2, 0.25) is 0 Å². The number of aliphatic imine (C=N–C) groups is 1. The maximum absolute atomic E-state index is 13.2. The van der Waals surface area contributed by atoms with Crippen molar-refractivity contribution in [1.82, 2.24) is 0 Å². The minimum absolute atomic E-state index is 0.0518. The van der Waals surface area contributed by atoms with Gasteiger partial charge in [-0.25, -0.2) is 0 Å². The second-order valence-electron chi connectivity index (χ2n) is 6.61. The number of amides is 1. The highest BCUT2D eigenvalue weighted by Gasteiger charge is 2.35. The average Bonchev–Trinajstić information content (AvgIpc) is 3.02. The van der Waals surface area contributed by atoms with Crippen LogP contribution >= 0.6 is 11.8 Å². The maximum Gasteiger partial charge on any atom is 0.271 e. The summed E-state index contributed by atoms with van der Waals surface area (Å²) in [7, 11) is 0. The van der Waals surface area contributed by atoms with Crippen molar-refractivity contribution in [2.75, 3.05) is 24.7 Å². The molecular formula is C22H22N2O3S. The molecule has 1 amide bonds. The lowest BCUT2D eigenvalue weighted by atomic mass is 10.1. The predicted octanol–water partition coefficient (Wildman–Crippen LogP) is 4.65. The first kappa shape index (κ1) is 18.6. The van der Waals surface area contributed by atoms with Crippen molar-refractivity contribution in [2.24, 2.45) is 4.99 Å². The van der Waals surface area contributed by atoms with Crippen molar-refractivity contribution < 1.29 is 14.3 Å². The molecule has 2 aromatic carbocycles. The number of benzene rings is 2. The Labute approximate surface area is 169 Å². The number of hydrogen-bond donors (Lipinski definition) is 0. The normalized spacial score (nSPS) is 18.9. The van der Waals surface area contributed by atoms with E-state index in [2.05, 4.69) is 11.9 Å². The van der Waals surface area contributed by atoms with Gasteiger partial charge < -0.3 is 9.47 Å². The fourth-order valence-corrected chi connectivity index (χ4v) is 4.11. The van der Waals surface area contributed by atoms with Crippen molar-refractivity contribution in [3.8, 4) is 11.5 Å². The van der Waals surface area contributed by atoms with Crippen LogP contribution in [0.15, 0.2) is 52.4 Å². The number of para-hydroxylation sites is 1. The van der Waals surface area contributed by atoms with E-state index in [9.17, 15) is 4.79 Å². The van der Waals surface area contributed by atoms with Gasteiger partial charge in [0.1, 0.15) is 13.2 Å². The average molecular weight is 394 g/mol. The van der Waals surface area contributed by atoms with Crippen LogP contribution in [0, 0.1) is 6.92 Å². The molecule has 5 nitrogen and oxygen atoms in total. The van der Waals surface area contributed by atoms with Gasteiger partial charge in [-0.1, -0.05) is 31.2 Å². The topological polar surface area (TPSA) is 51.1 Å². The molecule has 6 heteroatoms. The summed E-state index contributed by atoms with van der Waals surface area (Å²) in [5.41, 5.74) is 2.82. The molecule has 0 aromatic heterocycles. The highest BCUT2D eigenvalue weighted by atomic mass is 32.2. The van der Waals surface area contributed by atoms with Crippen LogP contribution < -0.4 is 14.4 Å². The zero-order chi connectivity index (χ0) is 19.5. The van der Waals surface area contributed by atoms with Crippen LogP contribution in [-0.2, 0) is 4.79 Å². The third kappa shape index (κ3) is 3.64. The molecule has 1 fully saturated rings. The van der Waals surface area contributed by atoms with Crippen LogP contribution in [0.25, 0.3) is 6.08 Å². The number of aryl methyl sites for hydroxylation is 1. The maximum atomic E-state index is 13.2. The fourth-order valence-electron chi connectivity index (χ4n) is 3.11. The first-order valence-corrected chi connectivity index (χ1v) is 10.2. The summed E-state index contributed by atoms with van der Waals surface area (Å²) in [5.74, 6) is 1.40. The summed E-state index contributed by atoms with van der Waals surface area (Å²) in [6, 6.07) is 13.6. The van der Waals surface area contributed by atoms with Crippen LogP contribution in [-0.4, -0.2) is 30.8 Å². The van der Waals surface area contributed by atoms with Gasteiger partial charge >= 0.3 is 0 Å². The summed E-state index contributed by atoms with van der Waals surface area (Å²) in [6.45, 7) is 5.87. The second-order valence-corrected chi connectivity index (χ2v) is 7.61. The zero-order valence-electron chi connectivity index (χ0n) is 16.0. The van der Waals surface area contributed by atoms with Crippen molar-refractivity contribution in [2.45, 2.75) is 20.3 Å². The third-order valence-corrected chi connectivity index (χ3v) is 5.50. The molecule has 2 aliphatic heterocycles. The van der Waals surface area contributed by atoms with Gasteiger partial charge in [0.05, 0.1) is 10.6 Å². The van der Waals surface area contributed by atoms with Crippen LogP contribution in [0.5, 0.6) is 11.5 Å². The van der Waals surface area contributed by atoms with Crippen molar-refractivity contribution >= 4 is 34.6 Å². The van der Waals surface area contributed by atoms with Crippen molar-refractivity contribution in [1.29, 1.82) is 0 Å². The molecule has 0 radical (unpaired) electrons. The predicted molar refractivity (Wildman–Crippen MR) is 114 cm³/mol. The molecular weight excluding hydrogens is 372 g/mol. The van der Waals surface area contributed by atoms with Crippen LogP contribution in [0.1, 0.15) is 24.5 Å². The summed E-state index contributed by atoms with van der Waals surface area (Å²) in [4.78, 5) is 20.2. The number of nitrogens with zero attached hydrogens (tertiary/aromatic N) is 2. The Balaban J connectivity index is 1.70. The number of carbonyl (C=O) groups excluding carboxylic acids is 1. The Hall–Kier alpha value is -2.73.